The van der Waals surface area contributed by atoms with Gasteiger partial charge in [0.15, 0.2) is 5.82 Å². The molecule has 6 heteroatoms. The number of rotatable bonds is 4. The third kappa shape index (κ3) is 4.51. The third-order valence-electron chi connectivity index (χ3n) is 6.22. The molecule has 0 bridgehead atoms. The summed E-state index contributed by atoms with van der Waals surface area (Å²) in [7, 11) is 0. The van der Waals surface area contributed by atoms with Gasteiger partial charge >= 0.3 is 6.03 Å². The average Bonchev–Trinajstić information content (AvgIpc) is 2.89. The number of aryl methyl sites for hydroxylation is 1. The predicted octanol–water partition coefficient (Wildman–Crippen LogP) is 5.21. The van der Waals surface area contributed by atoms with Crippen LogP contribution in [0.15, 0.2) is 78.9 Å². The number of nitrogens with one attached hydrogen (secondary N) is 1. The fourth-order valence-electron chi connectivity index (χ4n) is 4.25. The van der Waals surface area contributed by atoms with E-state index in [1.807, 2.05) is 53.4 Å². The summed E-state index contributed by atoms with van der Waals surface area (Å²) in [5.41, 5.74) is 4.03. The van der Waals surface area contributed by atoms with Crippen molar-refractivity contribution in [1.29, 1.82) is 0 Å². The lowest BCUT2D eigenvalue weighted by Crippen LogP contribution is -2.50. The Bertz CT molecular complexity index is 1240. The standard InChI is InChI=1S/C27H27N5O/c1-2-20-10-12-22(13-11-20)28-27(33)32-18-16-31(17-19-32)26-15-14-25(29-30-26)24-9-5-7-21-6-3-4-8-23(21)24/h3-15H,2,16-19H2,1H3,(H,28,33). The molecule has 0 unspecified atom stereocenters. The van der Waals surface area contributed by atoms with Gasteiger partial charge in [-0.3, -0.25) is 0 Å². The first-order valence-electron chi connectivity index (χ1n) is 11.4. The van der Waals surface area contributed by atoms with Crippen molar-refractivity contribution in [3.05, 3.63) is 84.4 Å². The molecule has 5 rings (SSSR count). The number of anilines is 2. The largest absolute Gasteiger partial charge is 0.352 e. The van der Waals surface area contributed by atoms with E-state index in [0.717, 1.165) is 42.3 Å². The van der Waals surface area contributed by atoms with Crippen LogP contribution >= 0.6 is 0 Å². The van der Waals surface area contributed by atoms with Crippen LogP contribution < -0.4 is 10.2 Å². The van der Waals surface area contributed by atoms with Crippen molar-refractivity contribution in [3.8, 4) is 11.3 Å². The summed E-state index contributed by atoms with van der Waals surface area (Å²) < 4.78 is 0. The van der Waals surface area contributed by atoms with Crippen molar-refractivity contribution in [2.75, 3.05) is 36.4 Å². The maximum atomic E-state index is 12.6. The van der Waals surface area contributed by atoms with E-state index in [0.29, 0.717) is 13.1 Å². The number of hydrogen-bond acceptors (Lipinski definition) is 4. The van der Waals surface area contributed by atoms with Crippen LogP contribution in [0.3, 0.4) is 0 Å². The number of amides is 2. The molecule has 1 aliphatic heterocycles. The van der Waals surface area contributed by atoms with Gasteiger partial charge in [-0.2, -0.15) is 0 Å². The van der Waals surface area contributed by atoms with E-state index < -0.39 is 0 Å². The minimum atomic E-state index is -0.0590. The molecule has 166 valence electrons. The highest BCUT2D eigenvalue weighted by Crippen LogP contribution is 2.27. The Labute approximate surface area is 193 Å². The number of nitrogens with zero attached hydrogens (tertiary/aromatic N) is 4. The second kappa shape index (κ2) is 9.28. The molecular formula is C27H27N5O. The van der Waals surface area contributed by atoms with Crippen LogP contribution in [0, 0.1) is 0 Å². The number of urea groups is 1. The van der Waals surface area contributed by atoms with Gasteiger partial charge in [0.1, 0.15) is 0 Å². The molecule has 1 saturated heterocycles. The van der Waals surface area contributed by atoms with Gasteiger partial charge in [0, 0.05) is 37.4 Å². The van der Waals surface area contributed by atoms with E-state index >= 15 is 0 Å². The maximum absolute atomic E-state index is 12.6. The molecule has 3 aromatic carbocycles. The van der Waals surface area contributed by atoms with Crippen LogP contribution in [0.5, 0.6) is 0 Å². The predicted molar refractivity (Wildman–Crippen MR) is 134 cm³/mol. The molecule has 0 atom stereocenters. The highest BCUT2D eigenvalue weighted by Gasteiger charge is 2.22. The molecule has 6 nitrogen and oxygen atoms in total. The number of piperazine rings is 1. The molecule has 4 aromatic rings. The Morgan fingerprint density at radius 2 is 1.61 bits per heavy atom. The van der Waals surface area contributed by atoms with Gasteiger partial charge in [-0.25, -0.2) is 4.79 Å². The second-order valence-electron chi connectivity index (χ2n) is 8.26. The van der Waals surface area contributed by atoms with E-state index in [9.17, 15) is 4.79 Å². The first kappa shape index (κ1) is 20.9. The summed E-state index contributed by atoms with van der Waals surface area (Å²) in [6.45, 7) is 4.86. The van der Waals surface area contributed by atoms with Gasteiger partial charge in [0.25, 0.3) is 0 Å². The lowest BCUT2D eigenvalue weighted by molar-refractivity contribution is 0.208. The van der Waals surface area contributed by atoms with Gasteiger partial charge in [-0.15, -0.1) is 10.2 Å². The number of carbonyl (C=O) groups excluding carboxylic acids is 1. The molecule has 2 amide bonds. The maximum Gasteiger partial charge on any atom is 0.321 e. The monoisotopic (exact) mass is 437 g/mol. The van der Waals surface area contributed by atoms with Crippen LogP contribution in [0.25, 0.3) is 22.0 Å². The van der Waals surface area contributed by atoms with Gasteiger partial charge in [-0.1, -0.05) is 61.5 Å². The number of fused-ring (bicyclic) bond motifs is 1. The smallest absolute Gasteiger partial charge is 0.321 e. The van der Waals surface area contributed by atoms with Gasteiger partial charge in [-0.05, 0) is 47.0 Å². The third-order valence-corrected chi connectivity index (χ3v) is 6.22. The Morgan fingerprint density at radius 3 is 2.33 bits per heavy atom. The van der Waals surface area contributed by atoms with E-state index in [-0.39, 0.29) is 6.03 Å². The van der Waals surface area contributed by atoms with E-state index in [1.165, 1.54) is 16.3 Å². The van der Waals surface area contributed by atoms with E-state index in [1.54, 1.807) is 0 Å². The lowest BCUT2D eigenvalue weighted by atomic mass is 10.0. The molecule has 0 spiro atoms. The normalized spacial score (nSPS) is 13.8. The number of hydrogen-bond donors (Lipinski definition) is 1. The molecular weight excluding hydrogens is 410 g/mol. The molecule has 33 heavy (non-hydrogen) atoms. The zero-order chi connectivity index (χ0) is 22.6. The highest BCUT2D eigenvalue weighted by atomic mass is 16.2. The highest BCUT2D eigenvalue weighted by molar-refractivity contribution is 5.95. The summed E-state index contributed by atoms with van der Waals surface area (Å²) in [5.74, 6) is 0.842. The topological polar surface area (TPSA) is 61.4 Å². The van der Waals surface area contributed by atoms with Crippen molar-refractivity contribution >= 4 is 28.3 Å². The zero-order valence-electron chi connectivity index (χ0n) is 18.7. The quantitative estimate of drug-likeness (QED) is 0.476. The molecule has 1 aromatic heterocycles. The summed E-state index contributed by atoms with van der Waals surface area (Å²) >= 11 is 0. The molecule has 0 aliphatic carbocycles. The molecule has 0 saturated carbocycles. The van der Waals surface area contributed by atoms with Crippen molar-refractivity contribution < 1.29 is 4.79 Å². The summed E-state index contributed by atoms with van der Waals surface area (Å²) in [6, 6.07) is 26.6. The first-order chi connectivity index (χ1) is 16.2. The average molecular weight is 438 g/mol. The van der Waals surface area contributed by atoms with E-state index in [2.05, 4.69) is 57.7 Å². The van der Waals surface area contributed by atoms with Crippen LogP contribution in [-0.4, -0.2) is 47.3 Å². The SMILES string of the molecule is CCc1ccc(NC(=O)N2CCN(c3ccc(-c4cccc5ccccc45)nn3)CC2)cc1. The fraction of sp³-hybridized carbons (Fsp3) is 0.222. The number of benzene rings is 3. The van der Waals surface area contributed by atoms with Crippen LogP contribution in [0.4, 0.5) is 16.3 Å². The minimum absolute atomic E-state index is 0.0590. The van der Waals surface area contributed by atoms with Gasteiger partial charge in [0.05, 0.1) is 5.69 Å². The Hall–Kier alpha value is -3.93. The molecule has 1 fully saturated rings. The lowest BCUT2D eigenvalue weighted by Gasteiger charge is -2.35. The van der Waals surface area contributed by atoms with Crippen molar-refractivity contribution in [3.63, 3.8) is 0 Å². The number of carbonyl (C=O) groups is 1. The zero-order valence-corrected chi connectivity index (χ0v) is 18.7. The van der Waals surface area contributed by atoms with Gasteiger partial charge in [0.2, 0.25) is 0 Å². The van der Waals surface area contributed by atoms with Crippen LogP contribution in [0.2, 0.25) is 0 Å². The van der Waals surface area contributed by atoms with Gasteiger partial charge < -0.3 is 15.1 Å². The molecule has 0 radical (unpaired) electrons. The van der Waals surface area contributed by atoms with Crippen molar-refractivity contribution in [2.45, 2.75) is 13.3 Å². The number of aromatic nitrogens is 2. The second-order valence-corrected chi connectivity index (χ2v) is 8.26. The van der Waals surface area contributed by atoms with Crippen LogP contribution in [0.1, 0.15) is 12.5 Å². The van der Waals surface area contributed by atoms with E-state index in [4.69, 9.17) is 0 Å². The van der Waals surface area contributed by atoms with Crippen molar-refractivity contribution in [1.82, 2.24) is 15.1 Å². The van der Waals surface area contributed by atoms with Crippen molar-refractivity contribution in [2.24, 2.45) is 0 Å². The Morgan fingerprint density at radius 1 is 0.848 bits per heavy atom. The fourth-order valence-corrected chi connectivity index (χ4v) is 4.25. The Kier molecular flexibility index (Phi) is 5.89. The van der Waals surface area contributed by atoms with Crippen LogP contribution in [-0.2, 0) is 6.42 Å². The summed E-state index contributed by atoms with van der Waals surface area (Å²) in [4.78, 5) is 16.7. The summed E-state index contributed by atoms with van der Waals surface area (Å²) in [6.07, 6.45) is 0.988. The molecule has 2 heterocycles. The summed E-state index contributed by atoms with van der Waals surface area (Å²) in [5, 5.41) is 14.4. The minimum Gasteiger partial charge on any atom is -0.352 e. The molecule has 1 N–H and O–H groups in total. The molecule has 1 aliphatic rings. The Balaban J connectivity index is 1.21. The first-order valence-corrected chi connectivity index (χ1v) is 11.4.